The molecule has 1 aromatic carbocycles. The van der Waals surface area contributed by atoms with Crippen molar-refractivity contribution in [1.29, 1.82) is 0 Å². The largest absolute Gasteiger partial charge is 0.332 e. The van der Waals surface area contributed by atoms with Crippen molar-refractivity contribution in [2.75, 3.05) is 0 Å². The number of carbonyl (C=O) groups is 1. The highest BCUT2D eigenvalue weighted by Crippen LogP contribution is 2.31. The van der Waals surface area contributed by atoms with E-state index in [1.54, 1.807) is 12.1 Å². The second-order valence-electron chi connectivity index (χ2n) is 5.45. The monoisotopic (exact) mass is 264 g/mol. The van der Waals surface area contributed by atoms with Gasteiger partial charge in [-0.15, -0.1) is 0 Å². The molecule has 2 N–H and O–H groups in total. The second kappa shape index (κ2) is 5.70. The normalized spacial score (nSPS) is 24.7. The van der Waals surface area contributed by atoms with Crippen LogP contribution in [0.25, 0.3) is 0 Å². The van der Waals surface area contributed by atoms with Gasteiger partial charge in [-0.1, -0.05) is 12.1 Å². The van der Waals surface area contributed by atoms with Gasteiger partial charge in [0.25, 0.3) is 0 Å². The Morgan fingerprint density at radius 1 is 1.32 bits per heavy atom. The lowest BCUT2D eigenvalue weighted by Gasteiger charge is -2.37. The Morgan fingerprint density at radius 3 is 2.53 bits per heavy atom. The first kappa shape index (κ1) is 14.0. The fourth-order valence-electron chi connectivity index (χ4n) is 2.81. The van der Waals surface area contributed by atoms with E-state index in [9.17, 15) is 9.18 Å². The smallest absolute Gasteiger partial charge is 0.223 e. The number of amides is 1. The Balaban J connectivity index is 2.40. The van der Waals surface area contributed by atoms with Crippen LogP contribution in [-0.2, 0) is 4.79 Å². The van der Waals surface area contributed by atoms with Gasteiger partial charge < -0.3 is 10.6 Å². The van der Waals surface area contributed by atoms with E-state index in [4.69, 9.17) is 5.73 Å². The molecule has 4 heteroatoms. The van der Waals surface area contributed by atoms with Gasteiger partial charge >= 0.3 is 0 Å². The summed E-state index contributed by atoms with van der Waals surface area (Å²) in [4.78, 5) is 14.1. The summed E-state index contributed by atoms with van der Waals surface area (Å²) in [6.07, 6.45) is 2.18. The van der Waals surface area contributed by atoms with Gasteiger partial charge in [-0.05, 0) is 44.4 Å². The molecular weight excluding hydrogens is 243 g/mol. The van der Waals surface area contributed by atoms with Crippen molar-refractivity contribution in [3.05, 3.63) is 35.6 Å². The first-order valence-corrected chi connectivity index (χ1v) is 6.83. The number of hydrogen-bond acceptors (Lipinski definition) is 2. The number of hydrogen-bond donors (Lipinski definition) is 1. The molecule has 0 aromatic heterocycles. The molecule has 1 amide bonds. The number of nitrogens with zero attached hydrogens (tertiary/aromatic N) is 1. The molecule has 1 fully saturated rings. The van der Waals surface area contributed by atoms with Gasteiger partial charge in [0.1, 0.15) is 5.82 Å². The molecule has 2 atom stereocenters. The Hall–Kier alpha value is -1.42. The third-order valence-electron chi connectivity index (χ3n) is 3.69. The van der Waals surface area contributed by atoms with Crippen LogP contribution < -0.4 is 5.73 Å². The summed E-state index contributed by atoms with van der Waals surface area (Å²) < 4.78 is 13.1. The van der Waals surface area contributed by atoms with Gasteiger partial charge in [-0.3, -0.25) is 4.79 Å². The number of benzene rings is 1. The summed E-state index contributed by atoms with van der Waals surface area (Å²) in [5.74, 6) is -0.134. The summed E-state index contributed by atoms with van der Waals surface area (Å²) in [6, 6.07) is 6.15. The summed E-state index contributed by atoms with van der Waals surface area (Å²) in [5.41, 5.74) is 7.17. The van der Waals surface area contributed by atoms with E-state index in [0.717, 1.165) is 18.4 Å². The number of likely N-dealkylation sites (tertiary alicyclic amines) is 1. The summed E-state index contributed by atoms with van der Waals surface area (Å²) >= 11 is 0. The van der Waals surface area contributed by atoms with Crippen LogP contribution in [0.5, 0.6) is 0 Å². The van der Waals surface area contributed by atoms with E-state index in [1.807, 2.05) is 18.7 Å². The van der Waals surface area contributed by atoms with Gasteiger partial charge in [-0.25, -0.2) is 4.39 Å². The number of nitrogens with two attached hydrogens (primary N) is 1. The molecule has 1 aromatic rings. The second-order valence-corrected chi connectivity index (χ2v) is 5.45. The number of halogens is 1. The zero-order valence-electron chi connectivity index (χ0n) is 11.5. The van der Waals surface area contributed by atoms with Crippen LogP contribution in [0.3, 0.4) is 0 Å². The molecule has 0 saturated carbocycles. The van der Waals surface area contributed by atoms with Crippen LogP contribution in [-0.4, -0.2) is 22.9 Å². The molecule has 19 heavy (non-hydrogen) atoms. The maximum absolute atomic E-state index is 13.1. The summed E-state index contributed by atoms with van der Waals surface area (Å²) in [6.45, 7) is 3.99. The van der Waals surface area contributed by atoms with Gasteiger partial charge in [0.2, 0.25) is 5.91 Å². The number of rotatable bonds is 2. The van der Waals surface area contributed by atoms with Crippen molar-refractivity contribution in [2.24, 2.45) is 5.73 Å². The van der Waals surface area contributed by atoms with Crippen LogP contribution in [0, 0.1) is 5.82 Å². The van der Waals surface area contributed by atoms with E-state index < -0.39 is 0 Å². The maximum Gasteiger partial charge on any atom is 0.223 e. The van der Waals surface area contributed by atoms with Gasteiger partial charge in [0.15, 0.2) is 0 Å². The predicted molar refractivity (Wildman–Crippen MR) is 72.9 cm³/mol. The van der Waals surface area contributed by atoms with Gasteiger partial charge in [0.05, 0.1) is 6.04 Å². The topological polar surface area (TPSA) is 46.3 Å². The molecule has 2 rings (SSSR count). The standard InChI is InChI=1S/C15H21FN2O/c1-10(2)18-14(19)5-3-4-13(17)15(18)11-6-8-12(16)9-7-11/h6-10,13,15H,3-5,17H2,1-2H3. The SMILES string of the molecule is CC(C)N1C(=O)CCCC(N)C1c1ccc(F)cc1. The van der Waals surface area contributed by atoms with Crippen LogP contribution in [0.2, 0.25) is 0 Å². The molecule has 0 spiro atoms. The zero-order valence-corrected chi connectivity index (χ0v) is 11.5. The van der Waals surface area contributed by atoms with E-state index >= 15 is 0 Å². The van der Waals surface area contributed by atoms with Crippen molar-refractivity contribution in [1.82, 2.24) is 4.90 Å². The van der Waals surface area contributed by atoms with E-state index in [1.165, 1.54) is 12.1 Å². The van der Waals surface area contributed by atoms with Gasteiger partial charge in [0, 0.05) is 18.5 Å². The fraction of sp³-hybridized carbons (Fsp3) is 0.533. The minimum Gasteiger partial charge on any atom is -0.332 e. The molecule has 1 heterocycles. The maximum atomic E-state index is 13.1. The average Bonchev–Trinajstić information content (AvgIpc) is 2.50. The highest BCUT2D eigenvalue weighted by atomic mass is 19.1. The Morgan fingerprint density at radius 2 is 1.95 bits per heavy atom. The lowest BCUT2D eigenvalue weighted by atomic mass is 9.95. The highest BCUT2D eigenvalue weighted by molar-refractivity contribution is 5.77. The molecule has 0 aliphatic carbocycles. The molecule has 0 bridgehead atoms. The fourth-order valence-corrected chi connectivity index (χ4v) is 2.81. The van der Waals surface area contributed by atoms with E-state index in [2.05, 4.69) is 0 Å². The zero-order chi connectivity index (χ0) is 14.0. The Bertz CT molecular complexity index is 444. The number of carbonyl (C=O) groups excluding carboxylic acids is 1. The minimum absolute atomic E-state index is 0.0895. The van der Waals surface area contributed by atoms with Crippen LogP contribution in [0.15, 0.2) is 24.3 Å². The summed E-state index contributed by atoms with van der Waals surface area (Å²) in [5, 5.41) is 0. The van der Waals surface area contributed by atoms with Crippen molar-refractivity contribution in [3.63, 3.8) is 0 Å². The van der Waals surface area contributed by atoms with Crippen LogP contribution >= 0.6 is 0 Å². The van der Waals surface area contributed by atoms with Crippen molar-refractivity contribution in [2.45, 2.75) is 51.2 Å². The lowest BCUT2D eigenvalue weighted by molar-refractivity contribution is -0.135. The molecular formula is C15H21FN2O. The minimum atomic E-state index is -0.270. The molecule has 1 aliphatic rings. The third-order valence-corrected chi connectivity index (χ3v) is 3.69. The summed E-state index contributed by atoms with van der Waals surface area (Å²) in [7, 11) is 0. The van der Waals surface area contributed by atoms with E-state index in [-0.39, 0.29) is 29.8 Å². The molecule has 1 saturated heterocycles. The Labute approximate surface area is 113 Å². The molecule has 2 unspecified atom stereocenters. The van der Waals surface area contributed by atoms with E-state index in [0.29, 0.717) is 6.42 Å². The molecule has 104 valence electrons. The van der Waals surface area contributed by atoms with Crippen LogP contribution in [0.4, 0.5) is 4.39 Å². The van der Waals surface area contributed by atoms with Crippen molar-refractivity contribution in [3.8, 4) is 0 Å². The molecule has 3 nitrogen and oxygen atoms in total. The van der Waals surface area contributed by atoms with Crippen molar-refractivity contribution >= 4 is 5.91 Å². The highest BCUT2D eigenvalue weighted by Gasteiger charge is 2.34. The lowest BCUT2D eigenvalue weighted by Crippen LogP contribution is -2.45. The quantitative estimate of drug-likeness (QED) is 0.892. The molecule has 0 radical (unpaired) electrons. The van der Waals surface area contributed by atoms with Gasteiger partial charge in [-0.2, -0.15) is 0 Å². The third kappa shape index (κ3) is 2.95. The first-order chi connectivity index (χ1) is 9.00. The predicted octanol–water partition coefficient (Wildman–Crippen LogP) is 2.62. The Kier molecular flexibility index (Phi) is 4.20. The van der Waals surface area contributed by atoms with Crippen LogP contribution in [0.1, 0.15) is 44.7 Å². The average molecular weight is 264 g/mol. The molecule has 1 aliphatic heterocycles. The van der Waals surface area contributed by atoms with Crippen molar-refractivity contribution < 1.29 is 9.18 Å². The first-order valence-electron chi connectivity index (χ1n) is 6.83.